The molecule has 2 unspecified atom stereocenters. The Hall–Kier alpha value is -0.900. The van der Waals surface area contributed by atoms with Crippen molar-refractivity contribution in [2.75, 3.05) is 19.8 Å². The standard InChI is InChI=1S/C15H23NO2/c1-2-18-11-13(17)10-16-15-9-5-7-12-6-3-4-8-14(12)15/h3-4,6,8,13,15-17H,2,5,7,9-11H2,1H3. The van der Waals surface area contributed by atoms with E-state index >= 15 is 0 Å². The molecule has 0 spiro atoms. The quantitative estimate of drug-likeness (QED) is 0.811. The molecule has 3 heteroatoms. The summed E-state index contributed by atoms with van der Waals surface area (Å²) in [5, 5.41) is 13.2. The maximum absolute atomic E-state index is 9.77. The predicted molar refractivity (Wildman–Crippen MR) is 72.6 cm³/mol. The SMILES string of the molecule is CCOCC(O)CNC1CCCc2ccccc21. The van der Waals surface area contributed by atoms with Crippen molar-refractivity contribution in [1.82, 2.24) is 5.32 Å². The fourth-order valence-corrected chi connectivity index (χ4v) is 2.56. The normalized spacial score (nSPS) is 20.4. The van der Waals surface area contributed by atoms with E-state index in [4.69, 9.17) is 4.74 Å². The van der Waals surface area contributed by atoms with E-state index in [1.807, 2.05) is 6.92 Å². The first-order valence-electron chi connectivity index (χ1n) is 6.88. The zero-order chi connectivity index (χ0) is 12.8. The molecule has 0 amide bonds. The van der Waals surface area contributed by atoms with Crippen LogP contribution in [0.15, 0.2) is 24.3 Å². The van der Waals surface area contributed by atoms with E-state index in [1.54, 1.807) is 0 Å². The number of benzene rings is 1. The predicted octanol–water partition coefficient (Wildman–Crippen LogP) is 2.05. The summed E-state index contributed by atoms with van der Waals surface area (Å²) in [5.41, 5.74) is 2.84. The molecule has 100 valence electrons. The molecular weight excluding hydrogens is 226 g/mol. The summed E-state index contributed by atoms with van der Waals surface area (Å²) >= 11 is 0. The molecule has 0 radical (unpaired) electrons. The van der Waals surface area contributed by atoms with Crippen LogP contribution in [0.25, 0.3) is 0 Å². The van der Waals surface area contributed by atoms with E-state index in [0.717, 1.165) is 6.42 Å². The number of hydrogen-bond acceptors (Lipinski definition) is 3. The molecule has 0 aliphatic heterocycles. The van der Waals surface area contributed by atoms with Crippen molar-refractivity contribution in [1.29, 1.82) is 0 Å². The molecule has 2 rings (SSSR count). The van der Waals surface area contributed by atoms with E-state index in [9.17, 15) is 5.11 Å². The monoisotopic (exact) mass is 249 g/mol. The molecule has 2 atom stereocenters. The average molecular weight is 249 g/mol. The van der Waals surface area contributed by atoms with E-state index in [-0.39, 0.29) is 0 Å². The van der Waals surface area contributed by atoms with Crippen LogP contribution in [0.4, 0.5) is 0 Å². The maximum atomic E-state index is 9.77. The fourth-order valence-electron chi connectivity index (χ4n) is 2.56. The highest BCUT2D eigenvalue weighted by Crippen LogP contribution is 2.29. The van der Waals surface area contributed by atoms with Crippen LogP contribution in [-0.2, 0) is 11.2 Å². The average Bonchev–Trinajstić information content (AvgIpc) is 2.42. The van der Waals surface area contributed by atoms with Gasteiger partial charge in [-0.25, -0.2) is 0 Å². The minimum atomic E-state index is -0.418. The molecule has 0 saturated heterocycles. The Morgan fingerprint density at radius 3 is 3.11 bits per heavy atom. The van der Waals surface area contributed by atoms with Crippen molar-refractivity contribution in [3.05, 3.63) is 35.4 Å². The Labute approximate surface area is 109 Å². The van der Waals surface area contributed by atoms with Gasteiger partial charge in [0.05, 0.1) is 12.7 Å². The van der Waals surface area contributed by atoms with Gasteiger partial charge >= 0.3 is 0 Å². The van der Waals surface area contributed by atoms with Crippen LogP contribution in [0, 0.1) is 0 Å². The second kappa shape index (κ2) is 6.88. The lowest BCUT2D eigenvalue weighted by Gasteiger charge is -2.27. The van der Waals surface area contributed by atoms with Gasteiger partial charge in [0.2, 0.25) is 0 Å². The molecule has 1 aromatic rings. The van der Waals surface area contributed by atoms with E-state index in [2.05, 4.69) is 29.6 Å². The first kappa shape index (κ1) is 13.5. The molecule has 1 aliphatic rings. The third kappa shape index (κ3) is 3.55. The summed E-state index contributed by atoms with van der Waals surface area (Å²) in [7, 11) is 0. The van der Waals surface area contributed by atoms with Gasteiger partial charge in [-0.3, -0.25) is 0 Å². The van der Waals surface area contributed by atoms with Crippen molar-refractivity contribution in [3.63, 3.8) is 0 Å². The summed E-state index contributed by atoms with van der Waals surface area (Å²) in [6.07, 6.45) is 3.13. The smallest absolute Gasteiger partial charge is 0.0897 e. The maximum Gasteiger partial charge on any atom is 0.0897 e. The number of fused-ring (bicyclic) bond motifs is 1. The van der Waals surface area contributed by atoms with Crippen LogP contribution in [0.2, 0.25) is 0 Å². The van der Waals surface area contributed by atoms with Gasteiger partial charge in [0.15, 0.2) is 0 Å². The number of ether oxygens (including phenoxy) is 1. The molecule has 1 aromatic carbocycles. The van der Waals surface area contributed by atoms with Crippen molar-refractivity contribution in [2.24, 2.45) is 0 Å². The largest absolute Gasteiger partial charge is 0.389 e. The molecule has 0 heterocycles. The fraction of sp³-hybridized carbons (Fsp3) is 0.600. The first-order valence-corrected chi connectivity index (χ1v) is 6.88. The van der Waals surface area contributed by atoms with Crippen LogP contribution in [0.1, 0.15) is 36.9 Å². The second-order valence-corrected chi connectivity index (χ2v) is 4.87. The Kier molecular flexibility index (Phi) is 5.17. The molecule has 1 aliphatic carbocycles. The summed E-state index contributed by atoms with van der Waals surface area (Å²) in [5.74, 6) is 0. The lowest BCUT2D eigenvalue weighted by molar-refractivity contribution is 0.0410. The summed E-state index contributed by atoms with van der Waals surface area (Å²) < 4.78 is 5.21. The minimum absolute atomic E-state index is 0.381. The van der Waals surface area contributed by atoms with Crippen LogP contribution in [0.3, 0.4) is 0 Å². The number of hydrogen-bond donors (Lipinski definition) is 2. The lowest BCUT2D eigenvalue weighted by atomic mass is 9.88. The number of aliphatic hydroxyl groups excluding tert-OH is 1. The van der Waals surface area contributed by atoms with Gasteiger partial charge in [-0.15, -0.1) is 0 Å². The lowest BCUT2D eigenvalue weighted by Crippen LogP contribution is -2.34. The first-order chi connectivity index (χ1) is 8.81. The molecule has 18 heavy (non-hydrogen) atoms. The van der Waals surface area contributed by atoms with E-state index in [1.165, 1.54) is 24.0 Å². The van der Waals surface area contributed by atoms with Crippen molar-refractivity contribution >= 4 is 0 Å². The highest BCUT2D eigenvalue weighted by atomic mass is 16.5. The zero-order valence-corrected chi connectivity index (χ0v) is 11.1. The van der Waals surface area contributed by atoms with Crippen LogP contribution < -0.4 is 5.32 Å². The molecule has 2 N–H and O–H groups in total. The third-order valence-electron chi connectivity index (χ3n) is 3.48. The van der Waals surface area contributed by atoms with E-state index in [0.29, 0.717) is 25.8 Å². The number of rotatable bonds is 6. The van der Waals surface area contributed by atoms with Gasteiger partial charge in [0, 0.05) is 19.2 Å². The van der Waals surface area contributed by atoms with Gasteiger partial charge in [-0.1, -0.05) is 24.3 Å². The zero-order valence-electron chi connectivity index (χ0n) is 11.1. The van der Waals surface area contributed by atoms with Crippen molar-refractivity contribution < 1.29 is 9.84 Å². The Morgan fingerprint density at radius 2 is 2.28 bits per heavy atom. The van der Waals surface area contributed by atoms with Gasteiger partial charge in [0.1, 0.15) is 0 Å². The highest BCUT2D eigenvalue weighted by molar-refractivity contribution is 5.32. The van der Waals surface area contributed by atoms with Gasteiger partial charge in [0.25, 0.3) is 0 Å². The molecule has 3 nitrogen and oxygen atoms in total. The Bertz CT molecular complexity index is 367. The summed E-state index contributed by atoms with van der Waals surface area (Å²) in [6, 6.07) is 8.98. The number of nitrogens with one attached hydrogen (secondary N) is 1. The third-order valence-corrected chi connectivity index (χ3v) is 3.48. The number of aryl methyl sites for hydroxylation is 1. The molecule has 0 saturated carbocycles. The minimum Gasteiger partial charge on any atom is -0.389 e. The van der Waals surface area contributed by atoms with Crippen molar-refractivity contribution in [2.45, 2.75) is 38.3 Å². The topological polar surface area (TPSA) is 41.5 Å². The molecule has 0 fully saturated rings. The molecular formula is C15H23NO2. The van der Waals surface area contributed by atoms with Crippen LogP contribution in [-0.4, -0.2) is 31.0 Å². The second-order valence-electron chi connectivity index (χ2n) is 4.87. The Balaban J connectivity index is 1.87. The summed E-state index contributed by atoms with van der Waals surface area (Å²) in [6.45, 7) is 3.61. The van der Waals surface area contributed by atoms with Crippen LogP contribution >= 0.6 is 0 Å². The summed E-state index contributed by atoms with van der Waals surface area (Å²) in [4.78, 5) is 0. The highest BCUT2D eigenvalue weighted by Gasteiger charge is 2.19. The Morgan fingerprint density at radius 1 is 1.44 bits per heavy atom. The van der Waals surface area contributed by atoms with Gasteiger partial charge in [-0.05, 0) is 37.3 Å². The molecule has 0 bridgehead atoms. The number of aliphatic hydroxyl groups is 1. The van der Waals surface area contributed by atoms with Crippen molar-refractivity contribution in [3.8, 4) is 0 Å². The van der Waals surface area contributed by atoms with Crippen LogP contribution in [0.5, 0.6) is 0 Å². The van der Waals surface area contributed by atoms with E-state index < -0.39 is 6.10 Å². The van der Waals surface area contributed by atoms with Gasteiger partial charge < -0.3 is 15.2 Å². The molecule has 0 aromatic heterocycles. The van der Waals surface area contributed by atoms with Gasteiger partial charge in [-0.2, -0.15) is 0 Å².